The van der Waals surface area contributed by atoms with E-state index in [4.69, 9.17) is 5.11 Å². The number of aliphatic carboxylic acids is 1. The number of carbonyl (C=O) groups is 1. The molecular weight excluding hydrogens is 147 g/mol. The number of halogens is 1. The van der Waals surface area contributed by atoms with E-state index in [1.165, 1.54) is 0 Å². The summed E-state index contributed by atoms with van der Waals surface area (Å²) in [6.45, 7) is 0. The van der Waals surface area contributed by atoms with E-state index in [-0.39, 0.29) is 12.8 Å². The second-order valence-electron chi connectivity index (χ2n) is 3.94. The monoisotopic (exact) mass is 158 g/mol. The van der Waals surface area contributed by atoms with Gasteiger partial charge in [0, 0.05) is 0 Å². The number of alkyl halides is 1. The second kappa shape index (κ2) is 1.76. The highest BCUT2D eigenvalue weighted by atomic mass is 19.1. The smallest absolute Gasteiger partial charge is 0.309 e. The summed E-state index contributed by atoms with van der Waals surface area (Å²) in [6.07, 6.45) is 2.50. The molecule has 0 saturated heterocycles. The lowest BCUT2D eigenvalue weighted by Gasteiger charge is -2.53. The number of hydrogen-bond donors (Lipinski definition) is 1. The highest BCUT2D eigenvalue weighted by Crippen LogP contribution is 2.60. The van der Waals surface area contributed by atoms with Gasteiger partial charge in [-0.1, -0.05) is 0 Å². The van der Waals surface area contributed by atoms with Gasteiger partial charge in [0.1, 0.15) is 5.67 Å². The Labute approximate surface area is 64.4 Å². The number of rotatable bonds is 1. The first-order valence-corrected chi connectivity index (χ1v) is 3.99. The number of hydrogen-bond acceptors (Lipinski definition) is 1. The standard InChI is InChI=1S/C8H11FO2/c9-8-3-1-2-7(4-8,5-8)6(10)11/h1-5H2,(H,10,11). The molecule has 2 nitrogen and oxygen atoms in total. The van der Waals surface area contributed by atoms with E-state index in [0.717, 1.165) is 6.42 Å². The molecule has 0 aliphatic heterocycles. The van der Waals surface area contributed by atoms with Gasteiger partial charge in [-0.3, -0.25) is 4.79 Å². The Morgan fingerprint density at radius 3 is 2.36 bits per heavy atom. The van der Waals surface area contributed by atoms with Crippen molar-refractivity contribution in [3.8, 4) is 0 Å². The van der Waals surface area contributed by atoms with Gasteiger partial charge >= 0.3 is 5.97 Å². The van der Waals surface area contributed by atoms with Gasteiger partial charge in [0.25, 0.3) is 0 Å². The van der Waals surface area contributed by atoms with Crippen LogP contribution in [-0.2, 0) is 4.79 Å². The normalized spacial score (nSPS) is 48.1. The minimum absolute atomic E-state index is 0.259. The molecule has 0 aromatic carbocycles. The summed E-state index contributed by atoms with van der Waals surface area (Å²) in [5.41, 5.74) is -1.79. The van der Waals surface area contributed by atoms with E-state index in [0.29, 0.717) is 12.8 Å². The van der Waals surface area contributed by atoms with Crippen LogP contribution in [0.3, 0.4) is 0 Å². The van der Waals surface area contributed by atoms with Crippen LogP contribution in [-0.4, -0.2) is 16.7 Å². The Balaban J connectivity index is 2.16. The molecule has 11 heavy (non-hydrogen) atoms. The molecule has 0 radical (unpaired) electrons. The van der Waals surface area contributed by atoms with E-state index < -0.39 is 17.1 Å². The lowest BCUT2D eigenvalue weighted by Crippen LogP contribution is -2.56. The fourth-order valence-corrected chi connectivity index (χ4v) is 2.52. The Kier molecular flexibility index (Phi) is 1.13. The minimum atomic E-state index is -1.11. The van der Waals surface area contributed by atoms with Crippen LogP contribution in [0.5, 0.6) is 0 Å². The molecule has 62 valence electrons. The van der Waals surface area contributed by atoms with Crippen LogP contribution >= 0.6 is 0 Å². The Morgan fingerprint density at radius 2 is 2.00 bits per heavy atom. The molecule has 0 heterocycles. The Hall–Kier alpha value is -0.600. The Bertz CT molecular complexity index is 206. The maximum Gasteiger partial charge on any atom is 0.309 e. The first kappa shape index (κ1) is 7.07. The molecule has 0 aromatic rings. The van der Waals surface area contributed by atoms with Crippen molar-refractivity contribution < 1.29 is 14.3 Å². The highest BCUT2D eigenvalue weighted by Gasteiger charge is 2.62. The van der Waals surface area contributed by atoms with Crippen molar-refractivity contribution in [2.75, 3.05) is 0 Å². The van der Waals surface area contributed by atoms with Gasteiger partial charge < -0.3 is 5.11 Å². The van der Waals surface area contributed by atoms with Crippen molar-refractivity contribution in [1.29, 1.82) is 0 Å². The fourth-order valence-electron chi connectivity index (χ4n) is 2.52. The van der Waals surface area contributed by atoms with Crippen molar-refractivity contribution in [2.45, 2.75) is 37.8 Å². The van der Waals surface area contributed by atoms with Crippen LogP contribution in [0.2, 0.25) is 0 Å². The molecule has 0 amide bonds. The average molecular weight is 158 g/mol. The molecule has 0 spiro atoms. The summed E-state index contributed by atoms with van der Waals surface area (Å²) in [7, 11) is 0. The van der Waals surface area contributed by atoms with Crippen molar-refractivity contribution in [2.24, 2.45) is 5.41 Å². The second-order valence-corrected chi connectivity index (χ2v) is 3.94. The molecule has 3 rings (SSSR count). The van der Waals surface area contributed by atoms with Crippen LogP contribution in [0.25, 0.3) is 0 Å². The molecule has 0 aromatic heterocycles. The quantitative estimate of drug-likeness (QED) is 0.631. The van der Waals surface area contributed by atoms with Crippen LogP contribution in [0, 0.1) is 5.41 Å². The van der Waals surface area contributed by atoms with Gasteiger partial charge in [-0.15, -0.1) is 0 Å². The molecule has 3 aliphatic rings. The molecule has 3 saturated carbocycles. The van der Waals surface area contributed by atoms with E-state index in [2.05, 4.69) is 0 Å². The maximum absolute atomic E-state index is 13.3. The third-order valence-corrected chi connectivity index (χ3v) is 3.04. The maximum atomic E-state index is 13.3. The molecule has 1 N–H and O–H groups in total. The molecule has 3 heteroatoms. The van der Waals surface area contributed by atoms with E-state index in [9.17, 15) is 9.18 Å². The first-order valence-electron chi connectivity index (χ1n) is 3.99. The topological polar surface area (TPSA) is 37.3 Å². The molecule has 3 fully saturated rings. The largest absolute Gasteiger partial charge is 0.481 e. The van der Waals surface area contributed by atoms with E-state index in [1.807, 2.05) is 0 Å². The van der Waals surface area contributed by atoms with Crippen LogP contribution in [0.4, 0.5) is 4.39 Å². The molecule has 0 unspecified atom stereocenters. The summed E-state index contributed by atoms with van der Waals surface area (Å²) >= 11 is 0. The SMILES string of the molecule is O=C(O)C12CCCC(F)(C1)C2. The zero-order valence-electron chi connectivity index (χ0n) is 6.27. The lowest BCUT2D eigenvalue weighted by molar-refractivity contribution is -0.179. The van der Waals surface area contributed by atoms with Gasteiger partial charge in [0.05, 0.1) is 5.41 Å². The van der Waals surface area contributed by atoms with Gasteiger partial charge in [-0.05, 0) is 32.1 Å². The average Bonchev–Trinajstić information content (AvgIpc) is 1.85. The zero-order chi connectivity index (χ0) is 8.11. The third kappa shape index (κ3) is 0.798. The summed E-state index contributed by atoms with van der Waals surface area (Å²) in [5, 5.41) is 8.78. The van der Waals surface area contributed by atoms with Crippen LogP contribution in [0.1, 0.15) is 32.1 Å². The first-order chi connectivity index (χ1) is 5.06. The molecule has 2 bridgehead atoms. The van der Waals surface area contributed by atoms with E-state index >= 15 is 0 Å². The predicted molar refractivity (Wildman–Crippen MR) is 37.0 cm³/mol. The number of fused-ring (bicyclic) bond motifs is 2. The van der Waals surface area contributed by atoms with Gasteiger partial charge in [-0.2, -0.15) is 0 Å². The van der Waals surface area contributed by atoms with Gasteiger partial charge in [-0.25, -0.2) is 4.39 Å². The van der Waals surface area contributed by atoms with Gasteiger partial charge in [0.15, 0.2) is 0 Å². The fraction of sp³-hybridized carbons (Fsp3) is 0.875. The highest BCUT2D eigenvalue weighted by molar-refractivity contribution is 5.76. The summed E-state index contributed by atoms with van der Waals surface area (Å²) in [6, 6.07) is 0. The summed E-state index contributed by atoms with van der Waals surface area (Å²) in [5.74, 6) is -0.800. The minimum Gasteiger partial charge on any atom is -0.481 e. The zero-order valence-corrected chi connectivity index (χ0v) is 6.27. The van der Waals surface area contributed by atoms with Gasteiger partial charge in [0.2, 0.25) is 0 Å². The van der Waals surface area contributed by atoms with Crippen LogP contribution < -0.4 is 0 Å². The Morgan fingerprint density at radius 1 is 1.36 bits per heavy atom. The van der Waals surface area contributed by atoms with E-state index in [1.54, 1.807) is 0 Å². The lowest BCUT2D eigenvalue weighted by atomic mass is 9.52. The van der Waals surface area contributed by atoms with Crippen molar-refractivity contribution in [1.82, 2.24) is 0 Å². The third-order valence-electron chi connectivity index (χ3n) is 3.04. The number of carboxylic acid groups (broad SMARTS) is 1. The predicted octanol–water partition coefficient (Wildman–Crippen LogP) is 1.74. The van der Waals surface area contributed by atoms with Crippen molar-refractivity contribution >= 4 is 5.97 Å². The molecule has 0 atom stereocenters. The molecule has 3 aliphatic carbocycles. The van der Waals surface area contributed by atoms with Crippen LogP contribution in [0.15, 0.2) is 0 Å². The number of carboxylic acids is 1. The summed E-state index contributed by atoms with van der Waals surface area (Å²) < 4.78 is 13.3. The summed E-state index contributed by atoms with van der Waals surface area (Å²) in [4.78, 5) is 10.7. The van der Waals surface area contributed by atoms with Crippen molar-refractivity contribution in [3.63, 3.8) is 0 Å². The molecular formula is C8H11FO2. The van der Waals surface area contributed by atoms with Crippen molar-refractivity contribution in [3.05, 3.63) is 0 Å².